The zero-order chi connectivity index (χ0) is 30.8. The number of halogens is 1. The number of hydrogen-bond donors (Lipinski definition) is 2. The molecule has 1 fully saturated rings. The second-order valence-electron chi connectivity index (χ2n) is 13.1. The maximum absolute atomic E-state index is 13.2. The summed E-state index contributed by atoms with van der Waals surface area (Å²) in [7, 11) is -1.65. The molecule has 1 amide bonds. The number of allylic oxidation sites excluding steroid dienone is 1. The molecule has 2 bridgehead atoms. The van der Waals surface area contributed by atoms with Gasteiger partial charge in [-0.2, -0.15) is 10.6 Å². The summed E-state index contributed by atoms with van der Waals surface area (Å²) in [6, 6.07) is 11.6. The van der Waals surface area contributed by atoms with Crippen molar-refractivity contribution in [3.8, 4) is 5.75 Å². The Morgan fingerprint density at radius 2 is 2.11 bits per heavy atom. The van der Waals surface area contributed by atoms with Gasteiger partial charge < -0.3 is 33.2 Å². The Bertz CT molecular complexity index is 1490. The molecule has 0 aromatic heterocycles. The molecule has 44 heavy (non-hydrogen) atoms. The van der Waals surface area contributed by atoms with E-state index in [1.54, 1.807) is 6.07 Å². The smallest absolute Gasteiger partial charge is 0.254 e. The van der Waals surface area contributed by atoms with Crippen molar-refractivity contribution in [1.82, 2.24) is 0 Å². The molecule has 6 atom stereocenters. The van der Waals surface area contributed by atoms with Gasteiger partial charge in [0.1, 0.15) is 11.9 Å². The van der Waals surface area contributed by atoms with Crippen molar-refractivity contribution < 1.29 is 28.7 Å². The Hall–Kier alpha value is -2.43. The Kier molecular flexibility index (Phi) is 9.69. The quantitative estimate of drug-likeness (QED) is 0.337. The average Bonchev–Trinajstić information content (AvgIpc) is 3.14. The minimum Gasteiger partial charge on any atom is -0.490 e. The number of rotatable bonds is 4. The van der Waals surface area contributed by atoms with E-state index in [-0.39, 0.29) is 42.3 Å². The molecular formula is C34H42ClN2O6S-. The number of aliphatic hydroxyl groups excluding tert-OH is 2. The van der Waals surface area contributed by atoms with Gasteiger partial charge in [-0.3, -0.25) is 4.79 Å². The summed E-state index contributed by atoms with van der Waals surface area (Å²) in [4.78, 5) is 15.6. The summed E-state index contributed by atoms with van der Waals surface area (Å²) in [6.45, 7) is 3.69. The number of amides is 1. The summed E-state index contributed by atoms with van der Waals surface area (Å²) in [6.07, 6.45) is 8.67. The summed E-state index contributed by atoms with van der Waals surface area (Å²) in [5.41, 5.74) is 3.55. The van der Waals surface area contributed by atoms with Crippen LogP contribution in [0.1, 0.15) is 60.5 Å². The van der Waals surface area contributed by atoms with E-state index < -0.39 is 22.6 Å². The molecule has 2 heterocycles. The predicted octanol–water partition coefficient (Wildman–Crippen LogP) is 5.46. The Morgan fingerprint density at radius 3 is 2.91 bits per heavy atom. The van der Waals surface area contributed by atoms with Crippen LogP contribution in [0.4, 0.5) is 5.69 Å². The summed E-state index contributed by atoms with van der Waals surface area (Å²) in [5.74, 6) is 1.13. The highest BCUT2D eigenvalue weighted by Gasteiger charge is 2.44. The Labute approximate surface area is 266 Å². The third-order valence-electron chi connectivity index (χ3n) is 9.81. The van der Waals surface area contributed by atoms with Gasteiger partial charge in [0.2, 0.25) is 0 Å². The average molecular weight is 642 g/mol. The lowest BCUT2D eigenvalue weighted by Crippen LogP contribution is -2.50. The lowest BCUT2D eigenvalue weighted by Gasteiger charge is -2.46. The Morgan fingerprint density at radius 1 is 1.25 bits per heavy atom. The molecule has 1 spiro atoms. The Balaban J connectivity index is 1.40. The topological polar surface area (TPSA) is 109 Å². The van der Waals surface area contributed by atoms with Crippen LogP contribution < -0.4 is 9.64 Å². The summed E-state index contributed by atoms with van der Waals surface area (Å²) in [5, 5.41) is 20.2. The number of fused-ring (bicyclic) bond motifs is 4. The largest absolute Gasteiger partial charge is 0.490 e. The highest BCUT2D eigenvalue weighted by Crippen LogP contribution is 2.47. The molecule has 10 heteroatoms. The van der Waals surface area contributed by atoms with E-state index in [2.05, 4.69) is 33.5 Å². The second-order valence-corrected chi connectivity index (χ2v) is 14.7. The summed E-state index contributed by atoms with van der Waals surface area (Å²) >= 11 is 6.41. The van der Waals surface area contributed by atoms with Gasteiger partial charge >= 0.3 is 0 Å². The molecule has 0 radical (unpaired) electrons. The molecular weight excluding hydrogens is 600 g/mol. The zero-order valence-corrected chi connectivity index (χ0v) is 26.8. The van der Waals surface area contributed by atoms with Gasteiger partial charge in [0, 0.05) is 29.1 Å². The first-order chi connectivity index (χ1) is 21.2. The number of aliphatic hydroxyl groups is 2. The van der Waals surface area contributed by atoms with Crippen LogP contribution in [-0.4, -0.2) is 67.0 Å². The predicted molar refractivity (Wildman–Crippen MR) is 172 cm³/mol. The van der Waals surface area contributed by atoms with E-state index in [9.17, 15) is 19.2 Å². The minimum atomic E-state index is -1.65. The second kappa shape index (κ2) is 13.5. The number of carbonyl (C=O) groups excluding carboxylic acids is 1. The molecule has 2 aromatic carbocycles. The lowest BCUT2D eigenvalue weighted by molar-refractivity contribution is -0.0585. The molecule has 4 aliphatic rings. The van der Waals surface area contributed by atoms with Crippen LogP contribution in [0.2, 0.25) is 5.02 Å². The maximum atomic E-state index is 13.2. The van der Waals surface area contributed by atoms with E-state index in [0.29, 0.717) is 24.5 Å². The van der Waals surface area contributed by atoms with E-state index in [0.717, 1.165) is 61.7 Å². The fraction of sp³-hybridized carbons (Fsp3) is 0.559. The number of aryl methyl sites for hydroxylation is 1. The third kappa shape index (κ3) is 6.72. The van der Waals surface area contributed by atoms with Crippen LogP contribution in [0.25, 0.3) is 0 Å². The fourth-order valence-electron chi connectivity index (χ4n) is 7.32. The van der Waals surface area contributed by atoms with Crippen LogP contribution in [0.5, 0.6) is 5.75 Å². The minimum absolute atomic E-state index is 0.0535. The molecule has 8 nitrogen and oxygen atoms in total. The first-order valence-corrected chi connectivity index (χ1v) is 17.4. The molecule has 6 rings (SSSR count). The lowest BCUT2D eigenvalue weighted by atomic mass is 9.68. The highest BCUT2D eigenvalue weighted by molar-refractivity contribution is 7.75. The van der Waals surface area contributed by atoms with Crippen LogP contribution in [-0.2, 0) is 31.4 Å². The standard InChI is InChI=1S/C34H42ClN2O6S/c1-22-4-2-6-31(42-18-27(39)17-38)28-10-7-25(28)16-37-20-34(13-3-5-23-14-26(35)9-11-29(23)34)21-43-32-12-8-24(15-30(32)37)33(40)36-44(41)19-22/h2,6,8-9,11-12,14-15,22,25,27-28,31,38-39H,3-5,7,10,13,16-21H2,1H3/q-1/b6-2+/t22-,25-,27?,28+,31-,34-/m0/s1. The number of carbonyl (C=O) groups is 1. The van der Waals surface area contributed by atoms with Gasteiger partial charge in [-0.25, -0.2) is 0 Å². The van der Waals surface area contributed by atoms with Crippen LogP contribution in [0.15, 0.2) is 52.9 Å². The van der Waals surface area contributed by atoms with Crippen LogP contribution >= 0.6 is 11.6 Å². The third-order valence-corrected chi connectivity index (χ3v) is 11.3. The van der Waals surface area contributed by atoms with Crippen molar-refractivity contribution in [3.63, 3.8) is 0 Å². The van der Waals surface area contributed by atoms with E-state index in [4.69, 9.17) is 21.1 Å². The number of nitrogens with zero attached hydrogens (tertiary/aromatic N) is 2. The number of anilines is 1. The van der Waals surface area contributed by atoms with Gasteiger partial charge in [-0.05, 0) is 91.8 Å². The van der Waals surface area contributed by atoms with Crippen molar-refractivity contribution in [2.24, 2.45) is 22.1 Å². The molecule has 0 saturated heterocycles. The first kappa shape index (κ1) is 31.5. The molecule has 2 aliphatic heterocycles. The number of ether oxygens (including phenoxy) is 2. The number of benzene rings is 2. The first-order valence-electron chi connectivity index (χ1n) is 15.8. The molecule has 1 saturated carbocycles. The van der Waals surface area contributed by atoms with Crippen LogP contribution in [0, 0.1) is 17.8 Å². The zero-order valence-electron chi connectivity index (χ0n) is 25.2. The SMILES string of the molecule is C[C@H]1C/C=C/[C@H](OCC(O)CO)[C@@H]2CC[C@H]2CN2C[C@@]3(CCCc4cc(Cl)ccc43)COc3ccc(cc32)C(=O)N=[S-](=O)C1. The maximum Gasteiger partial charge on any atom is 0.254 e. The van der Waals surface area contributed by atoms with E-state index >= 15 is 0 Å². The van der Waals surface area contributed by atoms with E-state index in [1.807, 2.05) is 25.1 Å². The van der Waals surface area contributed by atoms with Crippen molar-refractivity contribution in [1.29, 1.82) is 0 Å². The van der Waals surface area contributed by atoms with Crippen molar-refractivity contribution in [2.45, 2.75) is 63.1 Å². The van der Waals surface area contributed by atoms with Crippen molar-refractivity contribution in [2.75, 3.05) is 43.6 Å². The monoisotopic (exact) mass is 641 g/mol. The van der Waals surface area contributed by atoms with Gasteiger partial charge in [-0.1, -0.05) is 48.4 Å². The van der Waals surface area contributed by atoms with Gasteiger partial charge in [0.15, 0.2) is 0 Å². The van der Waals surface area contributed by atoms with Gasteiger partial charge in [-0.15, -0.1) is 0 Å². The number of hydrogen-bond acceptors (Lipinski definition) is 8. The molecule has 238 valence electrons. The summed E-state index contributed by atoms with van der Waals surface area (Å²) < 4.78 is 29.7. The molecule has 2 aromatic rings. The van der Waals surface area contributed by atoms with Crippen molar-refractivity contribution in [3.05, 3.63) is 70.3 Å². The van der Waals surface area contributed by atoms with Gasteiger partial charge in [0.25, 0.3) is 5.91 Å². The molecule has 1 unspecified atom stereocenters. The molecule has 2 N–H and O–H groups in total. The van der Waals surface area contributed by atoms with Crippen LogP contribution in [0.3, 0.4) is 0 Å². The normalized spacial score (nSPS) is 30.6. The highest BCUT2D eigenvalue weighted by atomic mass is 35.5. The fourth-order valence-corrected chi connectivity index (χ4v) is 8.50. The van der Waals surface area contributed by atoms with E-state index in [1.165, 1.54) is 11.1 Å². The van der Waals surface area contributed by atoms with Crippen molar-refractivity contribution >= 4 is 33.8 Å². The molecule has 2 aliphatic carbocycles. The van der Waals surface area contributed by atoms with Gasteiger partial charge in [0.05, 0.1) is 31.6 Å².